The van der Waals surface area contributed by atoms with Gasteiger partial charge in [0.15, 0.2) is 5.16 Å². The smallest absolute Gasteiger partial charge is 0.257 e. The van der Waals surface area contributed by atoms with Crippen LogP contribution in [0.3, 0.4) is 0 Å². The number of piperazine rings is 1. The lowest BCUT2D eigenvalue weighted by molar-refractivity contribution is -0.141. The van der Waals surface area contributed by atoms with Gasteiger partial charge in [-0.1, -0.05) is 11.8 Å². The maximum absolute atomic E-state index is 12.7. The molecule has 0 radical (unpaired) electrons. The molecule has 23 heavy (non-hydrogen) atoms. The Morgan fingerprint density at radius 3 is 2.52 bits per heavy atom. The molecular weight excluding hydrogens is 316 g/mol. The van der Waals surface area contributed by atoms with Crippen LogP contribution in [0.1, 0.15) is 12.5 Å². The van der Waals surface area contributed by atoms with E-state index in [4.69, 9.17) is 0 Å². The summed E-state index contributed by atoms with van der Waals surface area (Å²) < 4.78 is 1.61. The third-order valence-electron chi connectivity index (χ3n) is 4.38. The van der Waals surface area contributed by atoms with Crippen LogP contribution >= 0.6 is 11.8 Å². The topological polar surface area (TPSA) is 75.5 Å². The average molecular weight is 336 g/mol. The molecule has 0 spiro atoms. The number of thioether (sulfide) groups is 1. The number of nitrogens with zero attached hydrogens (tertiary/aromatic N) is 4. The van der Waals surface area contributed by atoms with E-state index < -0.39 is 0 Å². The van der Waals surface area contributed by atoms with Crippen molar-refractivity contribution < 1.29 is 9.59 Å². The number of rotatable bonds is 1. The van der Waals surface area contributed by atoms with Gasteiger partial charge in [-0.3, -0.25) is 19.0 Å². The Balaban J connectivity index is 1.69. The first-order chi connectivity index (χ1) is 11.0. The third-order valence-corrected chi connectivity index (χ3v) is 5.54. The molecule has 0 aliphatic carbocycles. The van der Waals surface area contributed by atoms with E-state index in [0.29, 0.717) is 49.2 Å². The largest absolute Gasteiger partial charge is 0.339 e. The number of fused-ring (bicyclic) bond motifs is 1. The molecule has 1 aromatic rings. The van der Waals surface area contributed by atoms with Crippen LogP contribution in [0.25, 0.3) is 0 Å². The van der Waals surface area contributed by atoms with Crippen molar-refractivity contribution >= 4 is 23.6 Å². The van der Waals surface area contributed by atoms with Gasteiger partial charge in [-0.15, -0.1) is 0 Å². The SMILES string of the molecule is CC(=O)N1CCN(C(=O)C2CSc3ncc(C)c(=O)n3C2)CC1. The predicted molar refractivity (Wildman–Crippen MR) is 86.3 cm³/mol. The first-order valence-electron chi connectivity index (χ1n) is 7.71. The van der Waals surface area contributed by atoms with E-state index in [1.165, 1.54) is 11.8 Å². The van der Waals surface area contributed by atoms with Crippen molar-refractivity contribution in [3.05, 3.63) is 22.1 Å². The molecular formula is C15H20N4O3S. The summed E-state index contributed by atoms with van der Waals surface area (Å²) in [5, 5.41) is 0.686. The summed E-state index contributed by atoms with van der Waals surface area (Å²) in [6.45, 7) is 5.96. The Hall–Kier alpha value is -1.83. The fraction of sp³-hybridized carbons (Fsp3) is 0.600. The Bertz CT molecular complexity index is 694. The minimum Gasteiger partial charge on any atom is -0.339 e. The van der Waals surface area contributed by atoms with Crippen molar-refractivity contribution in [3.63, 3.8) is 0 Å². The zero-order chi connectivity index (χ0) is 16.6. The molecule has 2 aliphatic heterocycles. The molecule has 1 saturated heterocycles. The molecule has 0 aromatic carbocycles. The second-order valence-corrected chi connectivity index (χ2v) is 6.97. The maximum atomic E-state index is 12.7. The molecule has 1 aromatic heterocycles. The van der Waals surface area contributed by atoms with Gasteiger partial charge in [0.25, 0.3) is 5.56 Å². The van der Waals surface area contributed by atoms with E-state index in [2.05, 4.69) is 4.98 Å². The van der Waals surface area contributed by atoms with E-state index in [1.54, 1.807) is 29.5 Å². The normalized spacial score (nSPS) is 21.0. The van der Waals surface area contributed by atoms with E-state index in [1.807, 2.05) is 4.90 Å². The van der Waals surface area contributed by atoms with E-state index in [-0.39, 0.29) is 23.3 Å². The first kappa shape index (κ1) is 16.0. The Kier molecular flexibility index (Phi) is 4.43. The molecule has 0 saturated carbocycles. The van der Waals surface area contributed by atoms with Gasteiger partial charge >= 0.3 is 0 Å². The zero-order valence-corrected chi connectivity index (χ0v) is 14.1. The van der Waals surface area contributed by atoms with Crippen LogP contribution in [0.2, 0.25) is 0 Å². The van der Waals surface area contributed by atoms with Crippen LogP contribution in [0.5, 0.6) is 0 Å². The van der Waals surface area contributed by atoms with Gasteiger partial charge in [0, 0.05) is 57.2 Å². The maximum Gasteiger partial charge on any atom is 0.257 e. The molecule has 8 heteroatoms. The lowest BCUT2D eigenvalue weighted by Crippen LogP contribution is -2.52. The summed E-state index contributed by atoms with van der Waals surface area (Å²) in [5.74, 6) is 0.547. The van der Waals surface area contributed by atoms with Crippen molar-refractivity contribution in [2.75, 3.05) is 31.9 Å². The number of carbonyl (C=O) groups excluding carboxylic acids is 2. The van der Waals surface area contributed by atoms with Crippen molar-refractivity contribution in [3.8, 4) is 0 Å². The molecule has 2 aliphatic rings. The van der Waals surface area contributed by atoms with Gasteiger partial charge in [0.2, 0.25) is 11.8 Å². The number of aromatic nitrogens is 2. The summed E-state index contributed by atoms with van der Waals surface area (Å²) in [6.07, 6.45) is 1.59. The highest BCUT2D eigenvalue weighted by molar-refractivity contribution is 7.99. The quantitative estimate of drug-likeness (QED) is 0.673. The summed E-state index contributed by atoms with van der Waals surface area (Å²) in [7, 11) is 0. The number of hydrogen-bond donors (Lipinski definition) is 0. The van der Waals surface area contributed by atoms with Gasteiger partial charge < -0.3 is 9.80 Å². The Morgan fingerprint density at radius 1 is 1.22 bits per heavy atom. The molecule has 0 bridgehead atoms. The van der Waals surface area contributed by atoms with Crippen LogP contribution in [0.15, 0.2) is 16.1 Å². The molecule has 0 N–H and O–H groups in total. The van der Waals surface area contributed by atoms with E-state index in [9.17, 15) is 14.4 Å². The second kappa shape index (κ2) is 6.35. The summed E-state index contributed by atoms with van der Waals surface area (Å²) in [5.41, 5.74) is 0.527. The van der Waals surface area contributed by atoms with Crippen molar-refractivity contribution in [2.45, 2.75) is 25.5 Å². The van der Waals surface area contributed by atoms with Crippen LogP contribution in [-0.4, -0.2) is 63.1 Å². The standard InChI is InChI=1S/C15H20N4O3S/c1-10-7-16-15-19(13(10)21)8-12(9-23-15)14(22)18-5-3-17(4-6-18)11(2)20/h7,12H,3-6,8-9H2,1-2H3. The molecule has 1 fully saturated rings. The minimum atomic E-state index is -0.210. The van der Waals surface area contributed by atoms with Crippen molar-refractivity contribution in [1.82, 2.24) is 19.4 Å². The van der Waals surface area contributed by atoms with Gasteiger partial charge in [0.1, 0.15) is 0 Å². The van der Waals surface area contributed by atoms with Crippen LogP contribution in [0, 0.1) is 12.8 Å². The highest BCUT2D eigenvalue weighted by Crippen LogP contribution is 2.26. The van der Waals surface area contributed by atoms with Crippen LogP contribution < -0.4 is 5.56 Å². The van der Waals surface area contributed by atoms with Gasteiger partial charge in [-0.25, -0.2) is 4.98 Å². The molecule has 2 amide bonds. The number of amides is 2. The summed E-state index contributed by atoms with van der Waals surface area (Å²) in [6, 6.07) is 0. The number of aryl methyl sites for hydroxylation is 1. The summed E-state index contributed by atoms with van der Waals surface area (Å²) >= 11 is 1.46. The van der Waals surface area contributed by atoms with E-state index >= 15 is 0 Å². The molecule has 7 nitrogen and oxygen atoms in total. The molecule has 124 valence electrons. The third kappa shape index (κ3) is 3.12. The fourth-order valence-corrected chi connectivity index (χ4v) is 3.99. The Morgan fingerprint density at radius 2 is 1.87 bits per heavy atom. The average Bonchev–Trinajstić information content (AvgIpc) is 2.57. The molecule has 1 unspecified atom stereocenters. The number of carbonyl (C=O) groups is 2. The zero-order valence-electron chi connectivity index (χ0n) is 13.3. The number of hydrogen-bond acceptors (Lipinski definition) is 5. The van der Waals surface area contributed by atoms with E-state index in [0.717, 1.165) is 0 Å². The molecule has 3 rings (SSSR count). The molecule has 1 atom stereocenters. The van der Waals surface area contributed by atoms with Gasteiger partial charge in [-0.05, 0) is 6.92 Å². The van der Waals surface area contributed by atoms with Crippen LogP contribution in [0.4, 0.5) is 0 Å². The second-order valence-electron chi connectivity index (χ2n) is 5.98. The highest BCUT2D eigenvalue weighted by Gasteiger charge is 2.32. The monoisotopic (exact) mass is 336 g/mol. The van der Waals surface area contributed by atoms with Gasteiger partial charge in [-0.2, -0.15) is 0 Å². The van der Waals surface area contributed by atoms with Crippen molar-refractivity contribution in [1.29, 1.82) is 0 Å². The lowest BCUT2D eigenvalue weighted by atomic mass is 10.1. The predicted octanol–water partition coefficient (Wildman–Crippen LogP) is -0.0357. The highest BCUT2D eigenvalue weighted by atomic mass is 32.2. The Labute approximate surface area is 138 Å². The fourth-order valence-electron chi connectivity index (χ4n) is 2.95. The summed E-state index contributed by atoms with van der Waals surface area (Å²) in [4.78, 5) is 44.1. The van der Waals surface area contributed by atoms with Gasteiger partial charge in [0.05, 0.1) is 5.92 Å². The van der Waals surface area contributed by atoms with Crippen molar-refractivity contribution in [2.24, 2.45) is 5.92 Å². The minimum absolute atomic E-state index is 0.0485. The molecule has 3 heterocycles. The lowest BCUT2D eigenvalue weighted by Gasteiger charge is -2.36. The van der Waals surface area contributed by atoms with Crippen LogP contribution in [-0.2, 0) is 16.1 Å². The first-order valence-corrected chi connectivity index (χ1v) is 8.69.